The molecule has 3 heterocycles. The number of aromatic nitrogens is 3. The molecule has 1 aliphatic heterocycles. The molecule has 8 heteroatoms. The minimum atomic E-state index is -0.341. The van der Waals surface area contributed by atoms with Crippen LogP contribution in [0.2, 0.25) is 0 Å². The molecular weight excluding hydrogens is 352 g/mol. The summed E-state index contributed by atoms with van der Waals surface area (Å²) in [6.45, 7) is 7.26. The molecule has 6 nitrogen and oxygen atoms in total. The number of halogens is 2. The van der Waals surface area contributed by atoms with E-state index in [9.17, 15) is 8.78 Å². The summed E-state index contributed by atoms with van der Waals surface area (Å²) >= 11 is 0. The van der Waals surface area contributed by atoms with Crippen molar-refractivity contribution in [1.29, 1.82) is 0 Å². The highest BCUT2D eigenvalue weighted by Gasteiger charge is 2.24. The van der Waals surface area contributed by atoms with E-state index in [2.05, 4.69) is 20.0 Å². The van der Waals surface area contributed by atoms with Crippen LogP contribution in [0.5, 0.6) is 0 Å². The molecule has 0 unspecified atom stereocenters. The second-order valence-electron chi connectivity index (χ2n) is 7.08. The van der Waals surface area contributed by atoms with Gasteiger partial charge in [-0.25, -0.2) is 18.7 Å². The van der Waals surface area contributed by atoms with Crippen molar-refractivity contribution in [3.63, 3.8) is 0 Å². The minimum absolute atomic E-state index is 0.0123. The molecule has 1 aliphatic rings. The molecule has 1 saturated heterocycles. The van der Waals surface area contributed by atoms with Crippen molar-refractivity contribution in [1.82, 2.24) is 20.0 Å². The normalized spacial score (nSPS) is 15.8. The van der Waals surface area contributed by atoms with Gasteiger partial charge in [-0.3, -0.25) is 4.90 Å². The molecule has 0 atom stereocenters. The van der Waals surface area contributed by atoms with E-state index in [1.165, 1.54) is 18.5 Å². The van der Waals surface area contributed by atoms with E-state index in [1.54, 1.807) is 6.07 Å². The number of fused-ring (bicyclic) bond motifs is 1. The molecule has 0 saturated carbocycles. The van der Waals surface area contributed by atoms with Crippen molar-refractivity contribution >= 4 is 16.8 Å². The summed E-state index contributed by atoms with van der Waals surface area (Å²) < 4.78 is 33.2. The predicted molar refractivity (Wildman–Crippen MR) is 97.5 cm³/mol. The molecule has 4 rings (SSSR count). The molecule has 2 aromatic heterocycles. The van der Waals surface area contributed by atoms with Gasteiger partial charge >= 0.3 is 0 Å². The second kappa shape index (κ2) is 7.19. The van der Waals surface area contributed by atoms with Crippen LogP contribution in [0.3, 0.4) is 0 Å². The zero-order valence-corrected chi connectivity index (χ0v) is 15.3. The zero-order chi connectivity index (χ0) is 19.0. The van der Waals surface area contributed by atoms with Gasteiger partial charge in [0.2, 0.25) is 0 Å². The van der Waals surface area contributed by atoms with Crippen LogP contribution in [0.1, 0.15) is 31.2 Å². The second-order valence-corrected chi connectivity index (χ2v) is 7.08. The number of hydrogen-bond acceptors (Lipinski definition) is 6. The Morgan fingerprint density at radius 2 is 1.89 bits per heavy atom. The molecule has 0 amide bonds. The quantitative estimate of drug-likeness (QED) is 0.699. The third-order valence-electron chi connectivity index (χ3n) is 4.90. The topological polar surface area (TPSA) is 58.3 Å². The fourth-order valence-electron chi connectivity index (χ4n) is 3.40. The highest BCUT2D eigenvalue weighted by atomic mass is 19.1. The van der Waals surface area contributed by atoms with Gasteiger partial charge in [0.05, 0.1) is 5.69 Å². The highest BCUT2D eigenvalue weighted by Crippen LogP contribution is 2.25. The van der Waals surface area contributed by atoms with Crippen molar-refractivity contribution in [2.75, 3.05) is 31.1 Å². The highest BCUT2D eigenvalue weighted by molar-refractivity contribution is 5.79. The average molecular weight is 373 g/mol. The van der Waals surface area contributed by atoms with Crippen molar-refractivity contribution < 1.29 is 13.3 Å². The number of nitrogens with zero attached hydrogens (tertiary/aromatic N) is 5. The van der Waals surface area contributed by atoms with Crippen molar-refractivity contribution in [2.24, 2.45) is 0 Å². The SMILES string of the molecule is CC(C)c1ncnc(N2CCN(Cc3noc4cc(F)ccc34)CC2)c1F. The maximum atomic E-state index is 14.7. The molecule has 1 aromatic carbocycles. The van der Waals surface area contributed by atoms with Crippen LogP contribution in [-0.4, -0.2) is 46.2 Å². The van der Waals surface area contributed by atoms with E-state index in [-0.39, 0.29) is 17.6 Å². The predicted octanol–water partition coefficient (Wildman–Crippen LogP) is 3.34. The molecule has 0 aliphatic carbocycles. The standard InChI is InChI=1S/C19H21F2N5O/c1-12(2)18-17(21)19(23-11-22-18)26-7-5-25(6-8-26)10-15-14-4-3-13(20)9-16(14)27-24-15/h3-4,9,11-12H,5-8,10H2,1-2H3. The van der Waals surface area contributed by atoms with E-state index >= 15 is 0 Å². The summed E-state index contributed by atoms with van der Waals surface area (Å²) in [4.78, 5) is 12.4. The van der Waals surface area contributed by atoms with Crippen LogP contribution < -0.4 is 4.90 Å². The van der Waals surface area contributed by atoms with E-state index in [1.807, 2.05) is 18.7 Å². The smallest absolute Gasteiger partial charge is 0.187 e. The maximum absolute atomic E-state index is 14.7. The van der Waals surface area contributed by atoms with Gasteiger partial charge < -0.3 is 9.42 Å². The maximum Gasteiger partial charge on any atom is 0.187 e. The van der Waals surface area contributed by atoms with Crippen LogP contribution >= 0.6 is 0 Å². The van der Waals surface area contributed by atoms with Crippen molar-refractivity contribution in [3.05, 3.63) is 47.5 Å². The van der Waals surface area contributed by atoms with Crippen molar-refractivity contribution in [3.8, 4) is 0 Å². The average Bonchev–Trinajstić information content (AvgIpc) is 3.04. The third-order valence-corrected chi connectivity index (χ3v) is 4.90. The molecule has 0 bridgehead atoms. The van der Waals surface area contributed by atoms with Gasteiger partial charge in [0.15, 0.2) is 17.2 Å². The van der Waals surface area contributed by atoms with Gasteiger partial charge in [-0.05, 0) is 18.1 Å². The molecule has 3 aromatic rings. The molecule has 27 heavy (non-hydrogen) atoms. The molecule has 0 radical (unpaired) electrons. The van der Waals surface area contributed by atoms with Crippen LogP contribution in [0.15, 0.2) is 29.0 Å². The number of piperazine rings is 1. The largest absolute Gasteiger partial charge is 0.356 e. The van der Waals surface area contributed by atoms with E-state index in [0.29, 0.717) is 36.7 Å². The number of rotatable bonds is 4. The lowest BCUT2D eigenvalue weighted by Crippen LogP contribution is -2.46. The Morgan fingerprint density at radius 3 is 2.63 bits per heavy atom. The van der Waals surface area contributed by atoms with Crippen LogP contribution in [-0.2, 0) is 6.54 Å². The van der Waals surface area contributed by atoms with Gasteiger partial charge in [-0.1, -0.05) is 19.0 Å². The Hall–Kier alpha value is -2.61. The first-order chi connectivity index (χ1) is 13.0. The molecule has 142 valence electrons. The third kappa shape index (κ3) is 3.49. The first-order valence-electron chi connectivity index (χ1n) is 9.04. The van der Waals surface area contributed by atoms with Crippen LogP contribution in [0, 0.1) is 11.6 Å². The monoisotopic (exact) mass is 373 g/mol. The first-order valence-corrected chi connectivity index (χ1v) is 9.04. The number of anilines is 1. The Labute approximate surface area is 155 Å². The van der Waals surface area contributed by atoms with Gasteiger partial charge in [-0.2, -0.15) is 0 Å². The number of hydrogen-bond donors (Lipinski definition) is 0. The Bertz CT molecular complexity index is 950. The lowest BCUT2D eigenvalue weighted by Gasteiger charge is -2.35. The minimum Gasteiger partial charge on any atom is -0.356 e. The van der Waals surface area contributed by atoms with Crippen LogP contribution in [0.4, 0.5) is 14.6 Å². The Balaban J connectivity index is 1.44. The lowest BCUT2D eigenvalue weighted by molar-refractivity contribution is 0.242. The van der Waals surface area contributed by atoms with E-state index in [0.717, 1.165) is 24.2 Å². The van der Waals surface area contributed by atoms with Gasteiger partial charge in [0, 0.05) is 44.2 Å². The summed E-state index contributed by atoms with van der Waals surface area (Å²) in [5, 5.41) is 4.90. The van der Waals surface area contributed by atoms with Crippen LogP contribution in [0.25, 0.3) is 11.0 Å². The Morgan fingerprint density at radius 1 is 1.11 bits per heavy atom. The van der Waals surface area contributed by atoms with Gasteiger partial charge in [-0.15, -0.1) is 0 Å². The first kappa shape index (κ1) is 17.8. The summed E-state index contributed by atoms with van der Waals surface area (Å²) in [5.74, 6) is -0.286. The summed E-state index contributed by atoms with van der Waals surface area (Å²) in [7, 11) is 0. The fourth-order valence-corrected chi connectivity index (χ4v) is 3.40. The number of benzene rings is 1. The zero-order valence-electron chi connectivity index (χ0n) is 15.3. The molecule has 0 N–H and O–H groups in total. The fraction of sp³-hybridized carbons (Fsp3) is 0.421. The summed E-state index contributed by atoms with van der Waals surface area (Å²) in [6.07, 6.45) is 1.43. The van der Waals surface area contributed by atoms with Gasteiger partial charge in [0.1, 0.15) is 17.8 Å². The molecule has 0 spiro atoms. The van der Waals surface area contributed by atoms with E-state index in [4.69, 9.17) is 4.52 Å². The van der Waals surface area contributed by atoms with E-state index < -0.39 is 0 Å². The molecule has 1 fully saturated rings. The molecular formula is C19H21F2N5O. The van der Waals surface area contributed by atoms with Gasteiger partial charge in [0.25, 0.3) is 0 Å². The lowest BCUT2D eigenvalue weighted by atomic mass is 10.1. The Kier molecular flexibility index (Phi) is 4.73. The van der Waals surface area contributed by atoms with Crippen molar-refractivity contribution in [2.45, 2.75) is 26.3 Å². The summed E-state index contributed by atoms with van der Waals surface area (Å²) in [6, 6.07) is 4.44. The summed E-state index contributed by atoms with van der Waals surface area (Å²) in [5.41, 5.74) is 1.69.